The molecule has 104 valence electrons. The summed E-state index contributed by atoms with van der Waals surface area (Å²) in [6.45, 7) is 2.11. The predicted molar refractivity (Wildman–Crippen MR) is 73.2 cm³/mol. The molecular formula is C13H18N2O3S. The van der Waals surface area contributed by atoms with Crippen LogP contribution in [0, 0.1) is 0 Å². The van der Waals surface area contributed by atoms with Crippen LogP contribution in [0.3, 0.4) is 0 Å². The monoisotopic (exact) mass is 282 g/mol. The normalized spacial score (nSPS) is 22.0. The molecule has 5 nitrogen and oxygen atoms in total. The molecule has 19 heavy (non-hydrogen) atoms. The maximum atomic E-state index is 11.8. The zero-order valence-electron chi connectivity index (χ0n) is 11.0. The van der Waals surface area contributed by atoms with Crippen LogP contribution in [0.25, 0.3) is 0 Å². The van der Waals surface area contributed by atoms with Crippen LogP contribution in [0.5, 0.6) is 0 Å². The smallest absolute Gasteiger partial charge is 0.237 e. The molecule has 1 aliphatic carbocycles. The predicted octanol–water partition coefficient (Wildman–Crippen LogP) is 0.900. The van der Waals surface area contributed by atoms with E-state index in [1.54, 1.807) is 0 Å². The van der Waals surface area contributed by atoms with Crippen molar-refractivity contribution in [3.8, 4) is 0 Å². The molecule has 0 unspecified atom stereocenters. The molecule has 0 aromatic heterocycles. The molecule has 1 amide bonds. The van der Waals surface area contributed by atoms with Crippen molar-refractivity contribution in [3.05, 3.63) is 35.4 Å². The molecule has 0 aliphatic heterocycles. The second kappa shape index (κ2) is 5.30. The van der Waals surface area contributed by atoms with Gasteiger partial charge in [0.05, 0.1) is 6.04 Å². The number of rotatable bonds is 4. The number of nitrogens with one attached hydrogen (secondary N) is 2. The van der Waals surface area contributed by atoms with E-state index in [1.807, 2.05) is 18.2 Å². The zero-order valence-corrected chi connectivity index (χ0v) is 11.8. The molecule has 2 rings (SSSR count). The minimum atomic E-state index is -3.51. The van der Waals surface area contributed by atoms with Crippen LogP contribution < -0.4 is 10.0 Å². The van der Waals surface area contributed by atoms with Crippen molar-refractivity contribution in [1.29, 1.82) is 0 Å². The molecule has 2 N–H and O–H groups in total. The Bertz CT molecular complexity index is 583. The average Bonchev–Trinajstić information content (AvgIpc) is 2.66. The molecule has 0 saturated carbocycles. The minimum Gasteiger partial charge on any atom is -0.348 e. The molecular weight excluding hydrogens is 264 g/mol. The van der Waals surface area contributed by atoms with Crippen molar-refractivity contribution in [2.45, 2.75) is 25.3 Å². The fourth-order valence-corrected chi connectivity index (χ4v) is 3.07. The molecule has 1 aromatic rings. The summed E-state index contributed by atoms with van der Waals surface area (Å²) in [5, 5.41) is 2.80. The second-order valence-electron chi connectivity index (χ2n) is 4.85. The highest BCUT2D eigenvalue weighted by atomic mass is 32.2. The van der Waals surface area contributed by atoms with Gasteiger partial charge in [0.2, 0.25) is 15.9 Å². The van der Waals surface area contributed by atoms with Crippen molar-refractivity contribution in [1.82, 2.24) is 10.0 Å². The van der Waals surface area contributed by atoms with Gasteiger partial charge in [0, 0.05) is 0 Å². The van der Waals surface area contributed by atoms with Gasteiger partial charge >= 0.3 is 0 Å². The van der Waals surface area contributed by atoms with Gasteiger partial charge in [-0.15, -0.1) is 0 Å². The van der Waals surface area contributed by atoms with E-state index in [2.05, 4.69) is 23.0 Å². The van der Waals surface area contributed by atoms with E-state index in [-0.39, 0.29) is 6.04 Å². The first-order valence-corrected chi connectivity index (χ1v) is 7.87. The summed E-state index contributed by atoms with van der Waals surface area (Å²) in [4.78, 5) is 11.8. The third-order valence-corrected chi connectivity index (χ3v) is 4.72. The maximum absolute atomic E-state index is 11.8. The van der Waals surface area contributed by atoms with Gasteiger partial charge < -0.3 is 5.32 Å². The Morgan fingerprint density at radius 1 is 1.32 bits per heavy atom. The number of amides is 1. The highest BCUT2D eigenvalue weighted by Gasteiger charge is 2.29. The topological polar surface area (TPSA) is 75.3 Å². The lowest BCUT2D eigenvalue weighted by molar-refractivity contribution is -0.119. The van der Waals surface area contributed by atoms with E-state index < -0.39 is 21.7 Å². The number of hydrogen-bond acceptors (Lipinski definition) is 3. The SMILES string of the molecule is CNS(=O)(=O)CC(=O)N[C@H]1C[C@H](C)c2ccccc21. The van der Waals surface area contributed by atoms with Gasteiger partial charge in [0.15, 0.2) is 0 Å². The van der Waals surface area contributed by atoms with Gasteiger partial charge in [-0.1, -0.05) is 31.2 Å². The summed E-state index contributed by atoms with van der Waals surface area (Å²) < 4.78 is 24.8. The van der Waals surface area contributed by atoms with Crippen LogP contribution in [0.1, 0.15) is 36.4 Å². The van der Waals surface area contributed by atoms with Crippen LogP contribution in [0.15, 0.2) is 24.3 Å². The molecule has 0 radical (unpaired) electrons. The lowest BCUT2D eigenvalue weighted by Gasteiger charge is -2.14. The number of sulfonamides is 1. The van der Waals surface area contributed by atoms with Crippen LogP contribution in [-0.4, -0.2) is 27.1 Å². The molecule has 6 heteroatoms. The average molecular weight is 282 g/mol. The number of benzene rings is 1. The van der Waals surface area contributed by atoms with E-state index in [0.29, 0.717) is 5.92 Å². The van der Waals surface area contributed by atoms with Gasteiger partial charge in [-0.05, 0) is 30.5 Å². The summed E-state index contributed by atoms with van der Waals surface area (Å²) in [5.41, 5.74) is 2.31. The van der Waals surface area contributed by atoms with E-state index >= 15 is 0 Å². The summed E-state index contributed by atoms with van der Waals surface area (Å²) in [6, 6.07) is 7.85. The molecule has 1 aliphatic rings. The number of hydrogen-bond donors (Lipinski definition) is 2. The first-order chi connectivity index (χ1) is 8.93. The second-order valence-corrected chi connectivity index (χ2v) is 6.78. The van der Waals surface area contributed by atoms with Crippen molar-refractivity contribution < 1.29 is 13.2 Å². The van der Waals surface area contributed by atoms with E-state index in [9.17, 15) is 13.2 Å². The minimum absolute atomic E-state index is 0.0919. The van der Waals surface area contributed by atoms with Crippen molar-refractivity contribution in [2.75, 3.05) is 12.8 Å². The van der Waals surface area contributed by atoms with E-state index in [1.165, 1.54) is 12.6 Å². The Hall–Kier alpha value is -1.40. The van der Waals surface area contributed by atoms with Crippen LogP contribution in [0.4, 0.5) is 0 Å². The van der Waals surface area contributed by atoms with E-state index in [4.69, 9.17) is 0 Å². The quantitative estimate of drug-likeness (QED) is 0.861. The zero-order chi connectivity index (χ0) is 14.0. The van der Waals surface area contributed by atoms with Gasteiger partial charge in [-0.3, -0.25) is 4.79 Å². The Balaban J connectivity index is 2.08. The Labute approximate surface area is 113 Å². The van der Waals surface area contributed by atoms with Gasteiger partial charge in [0.1, 0.15) is 5.75 Å². The van der Waals surface area contributed by atoms with Gasteiger partial charge in [-0.25, -0.2) is 13.1 Å². The fraction of sp³-hybridized carbons (Fsp3) is 0.462. The van der Waals surface area contributed by atoms with Crippen LogP contribution in [-0.2, 0) is 14.8 Å². The first kappa shape index (κ1) is 14.0. The molecule has 0 bridgehead atoms. The maximum Gasteiger partial charge on any atom is 0.237 e. The summed E-state index contributed by atoms with van der Waals surface area (Å²) in [6.07, 6.45) is 0.810. The standard InChI is InChI=1S/C13H18N2O3S/c1-9-7-12(11-6-4-3-5-10(9)11)15-13(16)8-19(17,18)14-2/h3-6,9,12,14H,7-8H2,1-2H3,(H,15,16)/t9-,12-/m0/s1. The first-order valence-electron chi connectivity index (χ1n) is 6.22. The van der Waals surface area contributed by atoms with Crippen molar-refractivity contribution >= 4 is 15.9 Å². The Kier molecular flexibility index (Phi) is 3.91. The fourth-order valence-electron chi connectivity index (χ4n) is 2.50. The van der Waals surface area contributed by atoms with Crippen LogP contribution in [0.2, 0.25) is 0 Å². The summed E-state index contributed by atoms with van der Waals surface area (Å²) in [5.74, 6) is -0.623. The van der Waals surface area contributed by atoms with E-state index in [0.717, 1.165) is 12.0 Å². The highest BCUT2D eigenvalue weighted by Crippen LogP contribution is 2.39. The molecule has 2 atom stereocenters. The van der Waals surface area contributed by atoms with Gasteiger partial charge in [0.25, 0.3) is 0 Å². The molecule has 0 fully saturated rings. The Morgan fingerprint density at radius 3 is 2.58 bits per heavy atom. The number of carbonyl (C=O) groups is 1. The van der Waals surface area contributed by atoms with Crippen molar-refractivity contribution in [3.63, 3.8) is 0 Å². The Morgan fingerprint density at radius 2 is 1.95 bits per heavy atom. The van der Waals surface area contributed by atoms with Crippen LogP contribution >= 0.6 is 0 Å². The third-order valence-electron chi connectivity index (χ3n) is 3.46. The van der Waals surface area contributed by atoms with Crippen molar-refractivity contribution in [2.24, 2.45) is 0 Å². The van der Waals surface area contributed by atoms with Gasteiger partial charge in [-0.2, -0.15) is 0 Å². The molecule has 0 spiro atoms. The molecule has 1 aromatic carbocycles. The lowest BCUT2D eigenvalue weighted by Crippen LogP contribution is -2.36. The summed E-state index contributed by atoms with van der Waals surface area (Å²) in [7, 11) is -2.21. The largest absolute Gasteiger partial charge is 0.348 e. The lowest BCUT2D eigenvalue weighted by atomic mass is 10.0. The highest BCUT2D eigenvalue weighted by molar-refractivity contribution is 7.90. The number of carbonyl (C=O) groups excluding carboxylic acids is 1. The molecule has 0 heterocycles. The summed E-state index contributed by atoms with van der Waals surface area (Å²) >= 11 is 0. The third kappa shape index (κ3) is 3.13. The molecule has 0 saturated heterocycles. The number of fused-ring (bicyclic) bond motifs is 1.